The number of ether oxygens (including phenoxy) is 2. The second-order valence-corrected chi connectivity index (χ2v) is 12.5. The van der Waals surface area contributed by atoms with Crippen molar-refractivity contribution in [3.8, 4) is 39.5 Å². The average Bonchev–Trinajstić information content (AvgIpc) is 3.75. The van der Waals surface area contributed by atoms with Gasteiger partial charge in [-0.3, -0.25) is 14.8 Å². The van der Waals surface area contributed by atoms with Crippen LogP contribution in [-0.4, -0.2) is 71.1 Å². The largest absolute Gasteiger partial charge is 0.490 e. The van der Waals surface area contributed by atoms with Crippen LogP contribution in [0.4, 0.5) is 17.6 Å². The van der Waals surface area contributed by atoms with Crippen LogP contribution in [0.15, 0.2) is 60.5 Å². The van der Waals surface area contributed by atoms with E-state index in [9.17, 15) is 14.3 Å². The molecular weight excluding hydrogens is 662 g/mol. The number of β-amino-alcohol motifs (C(OH)–C–C–N with tert-alkyl or cyclic N) is 1. The zero-order valence-electron chi connectivity index (χ0n) is 26.7. The molecule has 0 fully saturated rings. The van der Waals surface area contributed by atoms with Crippen molar-refractivity contribution in [2.75, 3.05) is 40.0 Å². The number of nitrogens with one attached hydrogen (secondary N) is 2. The van der Waals surface area contributed by atoms with E-state index in [0.29, 0.717) is 32.6 Å². The number of alkyl halides is 2. The van der Waals surface area contributed by atoms with Crippen molar-refractivity contribution < 1.29 is 36.9 Å². The number of rotatable bonds is 12. The molecule has 0 saturated carbocycles. The second-order valence-electron chi connectivity index (χ2n) is 11.6. The lowest BCUT2D eigenvalue weighted by Gasteiger charge is -2.34. The number of pyridine rings is 1. The maximum absolute atomic E-state index is 16.0. The number of carbonyl (C=O) groups excluding carboxylic acids is 1. The molecule has 1 amide bonds. The van der Waals surface area contributed by atoms with Gasteiger partial charge in [0, 0.05) is 59.1 Å². The highest BCUT2D eigenvalue weighted by Gasteiger charge is 2.40. The van der Waals surface area contributed by atoms with E-state index in [1.165, 1.54) is 29.4 Å². The number of nitrogens with zero attached hydrogens (tertiary/aromatic N) is 3. The lowest BCUT2D eigenvalue weighted by atomic mass is 9.92. The number of benzene rings is 2. The zero-order chi connectivity index (χ0) is 34.9. The first-order chi connectivity index (χ1) is 23.5. The Balaban J connectivity index is 1.59. The van der Waals surface area contributed by atoms with Crippen LogP contribution in [0.25, 0.3) is 43.9 Å². The highest BCUT2D eigenvalue weighted by Crippen LogP contribution is 2.48. The number of aromatic amines is 1. The van der Waals surface area contributed by atoms with Crippen molar-refractivity contribution in [3.05, 3.63) is 89.0 Å². The third kappa shape index (κ3) is 6.81. The summed E-state index contributed by atoms with van der Waals surface area (Å²) in [4.78, 5) is 18.5. The summed E-state index contributed by atoms with van der Waals surface area (Å²) in [6, 6.07) is 9.45. The maximum atomic E-state index is 16.0. The smallest absolute Gasteiger partial charge is 0.285 e. The highest BCUT2D eigenvalue weighted by molar-refractivity contribution is 7.18. The molecule has 1 atom stereocenters. The molecule has 1 aliphatic heterocycles. The third-order valence-electron chi connectivity index (χ3n) is 8.28. The summed E-state index contributed by atoms with van der Waals surface area (Å²) >= 11 is 1.29. The molecule has 0 aliphatic carbocycles. The first-order valence-corrected chi connectivity index (χ1v) is 16.3. The van der Waals surface area contributed by atoms with Gasteiger partial charge >= 0.3 is 0 Å². The van der Waals surface area contributed by atoms with E-state index in [2.05, 4.69) is 22.1 Å². The molecule has 5 aromatic rings. The van der Waals surface area contributed by atoms with Crippen molar-refractivity contribution in [2.45, 2.75) is 25.4 Å². The van der Waals surface area contributed by atoms with Crippen molar-refractivity contribution in [3.63, 3.8) is 0 Å². The molecule has 0 bridgehead atoms. The summed E-state index contributed by atoms with van der Waals surface area (Å²) in [5.74, 6) is -5.31. The number of hydrogen-bond donors (Lipinski definition) is 3. The number of methoxy groups -OCH3 is 1. The Bertz CT molecular complexity index is 2030. The molecule has 0 spiro atoms. The minimum Gasteiger partial charge on any atom is -0.490 e. The zero-order valence-corrected chi connectivity index (χ0v) is 27.5. The first kappa shape index (κ1) is 34.2. The number of aliphatic hydroxyl groups is 1. The average molecular weight is 696 g/mol. The fourth-order valence-corrected chi connectivity index (χ4v) is 6.97. The Morgan fingerprint density at radius 2 is 2.00 bits per heavy atom. The minimum atomic E-state index is -3.12. The van der Waals surface area contributed by atoms with E-state index < -0.39 is 36.1 Å². The molecule has 1 aliphatic rings. The Kier molecular flexibility index (Phi) is 9.84. The molecular formula is C35H33F4N5O4S. The van der Waals surface area contributed by atoms with Crippen LogP contribution in [0.3, 0.4) is 0 Å². The van der Waals surface area contributed by atoms with E-state index >= 15 is 13.2 Å². The van der Waals surface area contributed by atoms with Crippen molar-refractivity contribution >= 4 is 27.3 Å². The quantitative estimate of drug-likeness (QED) is 0.0768. The molecule has 49 heavy (non-hydrogen) atoms. The van der Waals surface area contributed by atoms with E-state index in [1.807, 2.05) is 0 Å². The van der Waals surface area contributed by atoms with Crippen LogP contribution in [0.2, 0.25) is 0 Å². The van der Waals surface area contributed by atoms with E-state index in [0.717, 1.165) is 18.2 Å². The fraction of sp³-hybridized carbons (Fsp3) is 0.286. The molecule has 0 saturated heterocycles. The molecule has 9 nitrogen and oxygen atoms in total. The molecule has 6 rings (SSSR count). The van der Waals surface area contributed by atoms with Gasteiger partial charge in [-0.1, -0.05) is 18.7 Å². The van der Waals surface area contributed by atoms with Crippen LogP contribution in [0.1, 0.15) is 29.8 Å². The molecule has 14 heteroatoms. The molecule has 1 unspecified atom stereocenters. The molecule has 0 radical (unpaired) electrons. The first-order valence-electron chi connectivity index (χ1n) is 15.4. The van der Waals surface area contributed by atoms with E-state index in [-0.39, 0.29) is 66.7 Å². The van der Waals surface area contributed by atoms with Gasteiger partial charge in [0.05, 0.1) is 42.8 Å². The lowest BCUT2D eigenvalue weighted by molar-refractivity contribution is -0.117. The number of hydrogen-bond acceptors (Lipinski definition) is 8. The van der Waals surface area contributed by atoms with Crippen molar-refractivity contribution in [1.82, 2.24) is 25.4 Å². The Morgan fingerprint density at radius 3 is 2.76 bits per heavy atom. The van der Waals surface area contributed by atoms with Gasteiger partial charge in [0.15, 0.2) is 0 Å². The summed E-state index contributed by atoms with van der Waals surface area (Å²) in [5.41, 5.74) is 2.53. The predicted octanol–water partition coefficient (Wildman–Crippen LogP) is 6.59. The topological polar surface area (TPSA) is 113 Å². The fourth-order valence-electron chi connectivity index (χ4n) is 6.02. The van der Waals surface area contributed by atoms with Crippen LogP contribution < -0.4 is 10.1 Å². The maximum Gasteiger partial charge on any atom is 0.285 e. The summed E-state index contributed by atoms with van der Waals surface area (Å²) in [5, 5.41) is 22.0. The number of aliphatic hydroxyl groups excluding tert-OH is 1. The van der Waals surface area contributed by atoms with Gasteiger partial charge < -0.3 is 19.9 Å². The Morgan fingerprint density at radius 1 is 1.18 bits per heavy atom. The minimum absolute atomic E-state index is 0.0148. The number of aromatic nitrogens is 3. The monoisotopic (exact) mass is 695 g/mol. The number of H-pyrrole nitrogens is 1. The lowest BCUT2D eigenvalue weighted by Crippen LogP contribution is -2.41. The molecule has 2 aromatic carbocycles. The summed E-state index contributed by atoms with van der Waals surface area (Å²) in [6.45, 7) is 4.94. The SMILES string of the molecule is C=CC(=O)NC(C)c1cc(-c2nc(-c3ccc4c(c3)CN(CCO)CC4(F)F)c3ccsc3c2-c2c(F)cc(F)cc2OCCOC)n[nH]1. The van der Waals surface area contributed by atoms with Gasteiger partial charge in [0.25, 0.3) is 5.92 Å². The molecule has 4 heterocycles. The second kappa shape index (κ2) is 14.1. The normalized spacial score (nSPS) is 14.8. The summed E-state index contributed by atoms with van der Waals surface area (Å²) in [7, 11) is 1.48. The van der Waals surface area contributed by atoms with Gasteiger partial charge in [-0.05, 0) is 42.1 Å². The number of halogens is 4. The van der Waals surface area contributed by atoms with Crippen LogP contribution in [0.5, 0.6) is 5.75 Å². The Hall–Kier alpha value is -4.63. The van der Waals surface area contributed by atoms with Gasteiger partial charge in [0.2, 0.25) is 5.91 Å². The standard InChI is InChI=1S/C35H33F4N5O4S/c1-4-29(46)40-19(2)26-16-27(43-42-26)33-31(30-25(37)14-22(36)15-28(30)48-11-10-47-3)34-23(7-12-49-34)32(41-33)20-5-6-24-21(13-20)17-44(8-9-45)18-35(24,38)39/h4-7,12-16,19,45H,1,8-11,17-18H2,2-3H3,(H,40,46)(H,42,43). The Labute approximate surface area is 283 Å². The third-order valence-corrected chi connectivity index (χ3v) is 9.21. The van der Waals surface area contributed by atoms with Crippen LogP contribution >= 0.6 is 11.3 Å². The van der Waals surface area contributed by atoms with Crippen molar-refractivity contribution in [2.24, 2.45) is 0 Å². The van der Waals surface area contributed by atoms with Crippen molar-refractivity contribution in [1.29, 1.82) is 0 Å². The number of thiophene rings is 1. The molecule has 256 valence electrons. The predicted molar refractivity (Wildman–Crippen MR) is 178 cm³/mol. The van der Waals surface area contributed by atoms with E-state index in [4.69, 9.17) is 14.5 Å². The van der Waals surface area contributed by atoms with Gasteiger partial charge in [-0.15, -0.1) is 11.3 Å². The molecule has 3 aromatic heterocycles. The number of fused-ring (bicyclic) bond motifs is 2. The number of amides is 1. The number of carbonyl (C=O) groups is 1. The summed E-state index contributed by atoms with van der Waals surface area (Å²) < 4.78 is 72.4. The van der Waals surface area contributed by atoms with E-state index in [1.54, 1.807) is 36.6 Å². The van der Waals surface area contributed by atoms with Gasteiger partial charge in [-0.25, -0.2) is 13.8 Å². The van der Waals surface area contributed by atoms with Gasteiger partial charge in [0.1, 0.15) is 35.4 Å². The highest BCUT2D eigenvalue weighted by atomic mass is 32.1. The van der Waals surface area contributed by atoms with Crippen LogP contribution in [0, 0.1) is 11.6 Å². The van der Waals surface area contributed by atoms with Crippen LogP contribution in [-0.2, 0) is 22.0 Å². The molecule has 3 N–H and O–H groups in total. The van der Waals surface area contributed by atoms with Gasteiger partial charge in [-0.2, -0.15) is 13.9 Å². The summed E-state index contributed by atoms with van der Waals surface area (Å²) in [6.07, 6.45) is 1.14.